The second kappa shape index (κ2) is 6.86. The predicted molar refractivity (Wildman–Crippen MR) is 83.4 cm³/mol. The van der Waals surface area contributed by atoms with Crippen LogP contribution < -0.4 is 5.32 Å². The second-order valence-corrected chi connectivity index (χ2v) is 5.52. The molecule has 1 amide bonds. The largest absolute Gasteiger partial charge is 0.416 e. The number of hydrogen-bond acceptors (Lipinski definition) is 1. The average Bonchev–Trinajstić information content (AvgIpc) is 2.46. The van der Waals surface area contributed by atoms with Crippen molar-refractivity contribution in [1.29, 1.82) is 0 Å². The highest BCUT2D eigenvalue weighted by Gasteiger charge is 2.29. The third-order valence-electron chi connectivity index (χ3n) is 3.61. The van der Waals surface area contributed by atoms with E-state index in [0.29, 0.717) is 18.5 Å². The van der Waals surface area contributed by atoms with E-state index in [1.54, 1.807) is 6.07 Å². The van der Waals surface area contributed by atoms with Crippen LogP contribution in [0.3, 0.4) is 0 Å². The molecule has 0 unspecified atom stereocenters. The van der Waals surface area contributed by atoms with E-state index >= 15 is 0 Å². The van der Waals surface area contributed by atoms with Crippen molar-refractivity contribution in [2.24, 2.45) is 0 Å². The zero-order valence-electron chi connectivity index (χ0n) is 13.0. The van der Waals surface area contributed by atoms with E-state index in [1.165, 1.54) is 12.1 Å². The van der Waals surface area contributed by atoms with Crippen LogP contribution in [0.1, 0.15) is 32.6 Å². The maximum Gasteiger partial charge on any atom is 0.416 e. The van der Waals surface area contributed by atoms with Gasteiger partial charge in [-0.05, 0) is 49.6 Å². The molecule has 0 saturated heterocycles. The molecular formula is C18H18F3NO. The summed E-state index contributed by atoms with van der Waals surface area (Å²) in [6.45, 7) is 4.20. The van der Waals surface area contributed by atoms with Crippen LogP contribution in [0, 0.1) is 13.8 Å². The lowest BCUT2D eigenvalue weighted by Gasteiger charge is -2.10. The molecule has 1 N–H and O–H groups in total. The first-order valence-corrected chi connectivity index (χ1v) is 7.29. The summed E-state index contributed by atoms with van der Waals surface area (Å²) in [5.41, 5.74) is 2.68. The molecule has 0 atom stereocenters. The molecule has 0 aliphatic heterocycles. The van der Waals surface area contributed by atoms with Crippen molar-refractivity contribution in [3.63, 3.8) is 0 Å². The Morgan fingerprint density at radius 2 is 1.70 bits per heavy atom. The van der Waals surface area contributed by atoms with Gasteiger partial charge < -0.3 is 5.32 Å². The standard InChI is InChI=1S/C18H18F3NO/c1-12-3-8-16(13(2)11-12)17(23)22-10-9-14-4-6-15(7-5-14)18(19,20)21/h3-8,11H,9-10H2,1-2H3,(H,22,23). The number of aryl methyl sites for hydroxylation is 2. The Labute approximate surface area is 133 Å². The number of benzene rings is 2. The van der Waals surface area contributed by atoms with Crippen LogP contribution in [-0.2, 0) is 12.6 Å². The summed E-state index contributed by atoms with van der Waals surface area (Å²) in [5, 5.41) is 2.79. The normalized spacial score (nSPS) is 11.3. The topological polar surface area (TPSA) is 29.1 Å². The summed E-state index contributed by atoms with van der Waals surface area (Å²) >= 11 is 0. The molecule has 0 aliphatic carbocycles. The lowest BCUT2D eigenvalue weighted by Crippen LogP contribution is -2.26. The van der Waals surface area contributed by atoms with Gasteiger partial charge in [0.15, 0.2) is 0 Å². The SMILES string of the molecule is Cc1ccc(C(=O)NCCc2ccc(C(F)(F)F)cc2)c(C)c1. The van der Waals surface area contributed by atoms with Crippen LogP contribution in [0.5, 0.6) is 0 Å². The van der Waals surface area contributed by atoms with Gasteiger partial charge in [0.2, 0.25) is 0 Å². The van der Waals surface area contributed by atoms with Crippen LogP contribution in [-0.4, -0.2) is 12.5 Å². The maximum absolute atomic E-state index is 12.5. The third kappa shape index (κ3) is 4.58. The van der Waals surface area contributed by atoms with Crippen LogP contribution >= 0.6 is 0 Å². The van der Waals surface area contributed by atoms with Gasteiger partial charge >= 0.3 is 6.18 Å². The van der Waals surface area contributed by atoms with Gasteiger partial charge in [-0.1, -0.05) is 29.8 Å². The molecule has 5 heteroatoms. The Morgan fingerprint density at radius 1 is 1.04 bits per heavy atom. The lowest BCUT2D eigenvalue weighted by atomic mass is 10.0. The van der Waals surface area contributed by atoms with E-state index < -0.39 is 11.7 Å². The Balaban J connectivity index is 1.90. The highest BCUT2D eigenvalue weighted by Crippen LogP contribution is 2.29. The van der Waals surface area contributed by atoms with E-state index in [4.69, 9.17) is 0 Å². The molecule has 2 aromatic rings. The van der Waals surface area contributed by atoms with Gasteiger partial charge in [-0.25, -0.2) is 0 Å². The van der Waals surface area contributed by atoms with Gasteiger partial charge in [0.05, 0.1) is 5.56 Å². The summed E-state index contributed by atoms with van der Waals surface area (Å²) in [7, 11) is 0. The van der Waals surface area contributed by atoms with Crippen LogP contribution in [0.25, 0.3) is 0 Å². The highest BCUT2D eigenvalue weighted by atomic mass is 19.4. The molecule has 2 rings (SSSR count). The Bertz CT molecular complexity index is 690. The molecule has 23 heavy (non-hydrogen) atoms. The third-order valence-corrected chi connectivity index (χ3v) is 3.61. The summed E-state index contributed by atoms with van der Waals surface area (Å²) in [6, 6.07) is 10.6. The lowest BCUT2D eigenvalue weighted by molar-refractivity contribution is -0.137. The molecule has 122 valence electrons. The van der Waals surface area contributed by atoms with Crippen molar-refractivity contribution in [3.05, 3.63) is 70.3 Å². The summed E-state index contributed by atoms with van der Waals surface area (Å²) in [6.07, 6.45) is -3.84. The quantitative estimate of drug-likeness (QED) is 0.894. The summed E-state index contributed by atoms with van der Waals surface area (Å²) in [5.74, 6) is -0.172. The Kier molecular flexibility index (Phi) is 5.08. The summed E-state index contributed by atoms with van der Waals surface area (Å²) < 4.78 is 37.4. The smallest absolute Gasteiger partial charge is 0.352 e. The number of nitrogens with one attached hydrogen (secondary N) is 1. The fourth-order valence-corrected chi connectivity index (χ4v) is 2.34. The number of hydrogen-bond donors (Lipinski definition) is 1. The number of carbonyl (C=O) groups excluding carboxylic acids is 1. The minimum absolute atomic E-state index is 0.172. The fraction of sp³-hybridized carbons (Fsp3) is 0.278. The average molecular weight is 321 g/mol. The van der Waals surface area contributed by atoms with E-state index in [-0.39, 0.29) is 5.91 Å². The molecule has 0 saturated carbocycles. The zero-order chi connectivity index (χ0) is 17.0. The molecule has 0 radical (unpaired) electrons. The van der Waals surface area contributed by atoms with E-state index in [0.717, 1.165) is 28.8 Å². The van der Waals surface area contributed by atoms with Crippen LogP contribution in [0.15, 0.2) is 42.5 Å². The van der Waals surface area contributed by atoms with E-state index in [9.17, 15) is 18.0 Å². The van der Waals surface area contributed by atoms with Gasteiger partial charge in [0, 0.05) is 12.1 Å². The predicted octanol–water partition coefficient (Wildman–Crippen LogP) is 4.29. The number of amides is 1. The van der Waals surface area contributed by atoms with Crippen molar-refractivity contribution in [1.82, 2.24) is 5.32 Å². The molecule has 0 aliphatic rings. The molecule has 0 spiro atoms. The number of rotatable bonds is 4. The summed E-state index contributed by atoms with van der Waals surface area (Å²) in [4.78, 5) is 12.1. The molecule has 2 aromatic carbocycles. The van der Waals surface area contributed by atoms with Gasteiger partial charge in [0.1, 0.15) is 0 Å². The highest BCUT2D eigenvalue weighted by molar-refractivity contribution is 5.95. The van der Waals surface area contributed by atoms with Gasteiger partial charge in [-0.2, -0.15) is 13.2 Å². The van der Waals surface area contributed by atoms with Crippen molar-refractivity contribution in [2.45, 2.75) is 26.4 Å². The molecule has 0 heterocycles. The Morgan fingerprint density at radius 3 is 2.26 bits per heavy atom. The number of alkyl halides is 3. The first kappa shape index (κ1) is 17.1. The number of halogens is 3. The Hall–Kier alpha value is -2.30. The second-order valence-electron chi connectivity index (χ2n) is 5.52. The maximum atomic E-state index is 12.5. The first-order chi connectivity index (χ1) is 10.8. The van der Waals surface area contributed by atoms with E-state index in [1.807, 2.05) is 26.0 Å². The molecule has 0 bridgehead atoms. The van der Waals surface area contributed by atoms with Crippen LogP contribution in [0.4, 0.5) is 13.2 Å². The molecule has 0 aromatic heterocycles. The van der Waals surface area contributed by atoms with Crippen molar-refractivity contribution in [2.75, 3.05) is 6.54 Å². The monoisotopic (exact) mass is 321 g/mol. The van der Waals surface area contributed by atoms with Crippen molar-refractivity contribution in [3.8, 4) is 0 Å². The molecular weight excluding hydrogens is 303 g/mol. The van der Waals surface area contributed by atoms with Crippen LogP contribution in [0.2, 0.25) is 0 Å². The fourth-order valence-electron chi connectivity index (χ4n) is 2.34. The van der Waals surface area contributed by atoms with Crippen molar-refractivity contribution < 1.29 is 18.0 Å². The minimum atomic E-state index is -4.32. The first-order valence-electron chi connectivity index (χ1n) is 7.29. The minimum Gasteiger partial charge on any atom is -0.352 e. The van der Waals surface area contributed by atoms with Gasteiger partial charge in [0.25, 0.3) is 5.91 Å². The molecule has 0 fully saturated rings. The zero-order valence-corrected chi connectivity index (χ0v) is 13.0. The molecule has 2 nitrogen and oxygen atoms in total. The van der Waals surface area contributed by atoms with E-state index in [2.05, 4.69) is 5.32 Å². The van der Waals surface area contributed by atoms with Crippen molar-refractivity contribution >= 4 is 5.91 Å². The van der Waals surface area contributed by atoms with Gasteiger partial charge in [-0.15, -0.1) is 0 Å². The number of carbonyl (C=O) groups is 1. The van der Waals surface area contributed by atoms with Gasteiger partial charge in [-0.3, -0.25) is 4.79 Å².